The number of piperidine rings is 1. The highest BCUT2D eigenvalue weighted by molar-refractivity contribution is 5.78. The van der Waals surface area contributed by atoms with Crippen LogP contribution in [0, 0.1) is 5.92 Å². The van der Waals surface area contributed by atoms with Gasteiger partial charge in [0.15, 0.2) is 0 Å². The SMILES string of the molecule is O=C(NCCCc1ccccc1)C1CCCN(Cc2nc(-c3ccccc3)no2)C1. The fourth-order valence-corrected chi connectivity index (χ4v) is 3.92. The Labute approximate surface area is 177 Å². The Morgan fingerprint density at radius 1 is 1.10 bits per heavy atom. The van der Waals surface area contributed by atoms with Gasteiger partial charge in [0.05, 0.1) is 12.5 Å². The van der Waals surface area contributed by atoms with Crippen molar-refractivity contribution in [3.63, 3.8) is 0 Å². The number of aryl methyl sites for hydroxylation is 1. The lowest BCUT2D eigenvalue weighted by Crippen LogP contribution is -2.43. The number of nitrogens with one attached hydrogen (secondary N) is 1. The predicted octanol–water partition coefficient (Wildman–Crippen LogP) is 3.70. The number of hydrogen-bond donors (Lipinski definition) is 1. The van der Waals surface area contributed by atoms with E-state index in [2.05, 4.69) is 44.6 Å². The Hall–Kier alpha value is -2.99. The highest BCUT2D eigenvalue weighted by Gasteiger charge is 2.26. The molecule has 1 atom stereocenters. The lowest BCUT2D eigenvalue weighted by Gasteiger charge is -2.30. The first-order chi connectivity index (χ1) is 14.8. The summed E-state index contributed by atoms with van der Waals surface area (Å²) in [5.74, 6) is 1.38. The van der Waals surface area contributed by atoms with Gasteiger partial charge >= 0.3 is 0 Å². The van der Waals surface area contributed by atoms with Gasteiger partial charge in [-0.1, -0.05) is 65.8 Å². The first-order valence-corrected chi connectivity index (χ1v) is 10.7. The van der Waals surface area contributed by atoms with Crippen molar-refractivity contribution in [1.29, 1.82) is 0 Å². The number of amides is 1. The Morgan fingerprint density at radius 2 is 1.87 bits per heavy atom. The molecule has 4 rings (SSSR count). The minimum Gasteiger partial charge on any atom is -0.356 e. The molecule has 1 N–H and O–H groups in total. The summed E-state index contributed by atoms with van der Waals surface area (Å²) in [5.41, 5.74) is 2.25. The second-order valence-electron chi connectivity index (χ2n) is 7.83. The van der Waals surface area contributed by atoms with Gasteiger partial charge in [0, 0.05) is 18.7 Å². The molecule has 6 nitrogen and oxygen atoms in total. The van der Waals surface area contributed by atoms with E-state index in [9.17, 15) is 4.79 Å². The van der Waals surface area contributed by atoms with Crippen LogP contribution in [0.5, 0.6) is 0 Å². The van der Waals surface area contributed by atoms with Gasteiger partial charge in [0.1, 0.15) is 0 Å². The molecule has 0 aliphatic carbocycles. The highest BCUT2D eigenvalue weighted by atomic mass is 16.5. The largest absolute Gasteiger partial charge is 0.356 e. The molecule has 2 aromatic carbocycles. The molecule has 1 unspecified atom stereocenters. The Kier molecular flexibility index (Phi) is 6.87. The molecule has 1 aliphatic rings. The molecule has 1 amide bonds. The second kappa shape index (κ2) is 10.2. The van der Waals surface area contributed by atoms with Crippen LogP contribution in [0.4, 0.5) is 0 Å². The molecule has 6 heteroatoms. The number of nitrogens with zero attached hydrogens (tertiary/aromatic N) is 3. The lowest BCUT2D eigenvalue weighted by atomic mass is 9.97. The monoisotopic (exact) mass is 404 g/mol. The molecule has 0 bridgehead atoms. The molecule has 156 valence electrons. The fourth-order valence-electron chi connectivity index (χ4n) is 3.92. The third-order valence-electron chi connectivity index (χ3n) is 5.52. The zero-order valence-corrected chi connectivity index (χ0v) is 17.2. The van der Waals surface area contributed by atoms with Crippen LogP contribution in [0.2, 0.25) is 0 Å². The second-order valence-corrected chi connectivity index (χ2v) is 7.83. The number of benzene rings is 2. The minimum absolute atomic E-state index is 0.0204. The summed E-state index contributed by atoms with van der Waals surface area (Å²) in [6.07, 6.45) is 3.87. The number of aromatic nitrogens is 2. The zero-order chi connectivity index (χ0) is 20.6. The maximum atomic E-state index is 12.6. The zero-order valence-electron chi connectivity index (χ0n) is 17.2. The topological polar surface area (TPSA) is 71.3 Å². The van der Waals surface area contributed by atoms with Gasteiger partial charge in [0.25, 0.3) is 0 Å². The summed E-state index contributed by atoms with van der Waals surface area (Å²) in [4.78, 5) is 19.4. The first kappa shape index (κ1) is 20.3. The van der Waals surface area contributed by atoms with E-state index >= 15 is 0 Å². The average Bonchev–Trinajstić information content (AvgIpc) is 3.26. The van der Waals surface area contributed by atoms with Crippen LogP contribution >= 0.6 is 0 Å². The average molecular weight is 405 g/mol. The molecule has 30 heavy (non-hydrogen) atoms. The van der Waals surface area contributed by atoms with Crippen LogP contribution in [-0.2, 0) is 17.8 Å². The standard InChI is InChI=1S/C24H28N4O2/c29-24(25-15-7-11-19-9-3-1-4-10-19)21-14-8-16-28(17-21)18-22-26-23(27-30-22)20-12-5-2-6-13-20/h1-6,9-10,12-13,21H,7-8,11,14-18H2,(H,25,29). The van der Waals surface area contributed by atoms with Gasteiger partial charge < -0.3 is 9.84 Å². The van der Waals surface area contributed by atoms with Gasteiger partial charge in [-0.15, -0.1) is 0 Å². The normalized spacial score (nSPS) is 17.0. The summed E-state index contributed by atoms with van der Waals surface area (Å²) in [6, 6.07) is 20.2. The highest BCUT2D eigenvalue weighted by Crippen LogP contribution is 2.20. The van der Waals surface area contributed by atoms with Crippen LogP contribution < -0.4 is 5.32 Å². The van der Waals surface area contributed by atoms with E-state index in [1.54, 1.807) is 0 Å². The van der Waals surface area contributed by atoms with Crippen LogP contribution in [0.25, 0.3) is 11.4 Å². The van der Waals surface area contributed by atoms with Crippen molar-refractivity contribution in [1.82, 2.24) is 20.4 Å². The van der Waals surface area contributed by atoms with Crippen molar-refractivity contribution in [2.24, 2.45) is 5.92 Å². The van der Waals surface area contributed by atoms with E-state index in [1.807, 2.05) is 36.4 Å². The van der Waals surface area contributed by atoms with Gasteiger partial charge in [-0.3, -0.25) is 9.69 Å². The molecule has 3 aromatic rings. The van der Waals surface area contributed by atoms with Crippen LogP contribution in [0.3, 0.4) is 0 Å². The number of hydrogen-bond acceptors (Lipinski definition) is 5. The van der Waals surface area contributed by atoms with E-state index in [-0.39, 0.29) is 11.8 Å². The minimum atomic E-state index is 0.0204. The molecule has 0 radical (unpaired) electrons. The third kappa shape index (κ3) is 5.54. The summed E-state index contributed by atoms with van der Waals surface area (Å²) >= 11 is 0. The van der Waals surface area contributed by atoms with E-state index in [0.29, 0.717) is 24.8 Å². The summed E-state index contributed by atoms with van der Waals surface area (Å²) in [5, 5.41) is 7.20. The summed E-state index contributed by atoms with van der Waals surface area (Å²) < 4.78 is 5.44. The maximum absolute atomic E-state index is 12.6. The summed E-state index contributed by atoms with van der Waals surface area (Å²) in [6.45, 7) is 2.97. The Bertz CT molecular complexity index is 927. The Balaban J connectivity index is 1.23. The predicted molar refractivity (Wildman–Crippen MR) is 116 cm³/mol. The van der Waals surface area contributed by atoms with Crippen molar-refractivity contribution < 1.29 is 9.32 Å². The first-order valence-electron chi connectivity index (χ1n) is 10.7. The van der Waals surface area contributed by atoms with Crippen LogP contribution in [0.1, 0.15) is 30.7 Å². The van der Waals surface area contributed by atoms with E-state index in [4.69, 9.17) is 4.52 Å². The Morgan fingerprint density at radius 3 is 2.67 bits per heavy atom. The number of carbonyl (C=O) groups is 1. The maximum Gasteiger partial charge on any atom is 0.241 e. The molecule has 1 fully saturated rings. The van der Waals surface area contributed by atoms with Gasteiger partial charge in [-0.2, -0.15) is 4.98 Å². The molecular weight excluding hydrogens is 376 g/mol. The molecule has 1 aliphatic heterocycles. The van der Waals surface area contributed by atoms with Crippen molar-refractivity contribution in [2.75, 3.05) is 19.6 Å². The molecule has 0 spiro atoms. The number of likely N-dealkylation sites (tertiary alicyclic amines) is 1. The van der Waals surface area contributed by atoms with Gasteiger partial charge in [-0.25, -0.2) is 0 Å². The van der Waals surface area contributed by atoms with Gasteiger partial charge in [0.2, 0.25) is 17.6 Å². The third-order valence-corrected chi connectivity index (χ3v) is 5.52. The molecular formula is C24H28N4O2. The number of carbonyl (C=O) groups excluding carboxylic acids is 1. The molecule has 1 saturated heterocycles. The van der Waals surface area contributed by atoms with Gasteiger partial charge in [-0.05, 0) is 37.8 Å². The number of rotatable bonds is 8. The van der Waals surface area contributed by atoms with Crippen molar-refractivity contribution in [3.8, 4) is 11.4 Å². The van der Waals surface area contributed by atoms with E-state index in [0.717, 1.165) is 44.3 Å². The molecule has 0 saturated carbocycles. The van der Waals surface area contributed by atoms with Crippen LogP contribution in [0.15, 0.2) is 65.2 Å². The summed E-state index contributed by atoms with van der Waals surface area (Å²) in [7, 11) is 0. The van der Waals surface area contributed by atoms with Crippen molar-refractivity contribution in [3.05, 3.63) is 72.1 Å². The van der Waals surface area contributed by atoms with Crippen molar-refractivity contribution in [2.45, 2.75) is 32.2 Å². The van der Waals surface area contributed by atoms with Crippen LogP contribution in [-0.4, -0.2) is 40.6 Å². The lowest BCUT2D eigenvalue weighted by molar-refractivity contribution is -0.126. The fraction of sp³-hybridized carbons (Fsp3) is 0.375. The van der Waals surface area contributed by atoms with E-state index < -0.39 is 0 Å². The molecule has 1 aromatic heterocycles. The smallest absolute Gasteiger partial charge is 0.241 e. The van der Waals surface area contributed by atoms with E-state index in [1.165, 1.54) is 5.56 Å². The quantitative estimate of drug-likeness (QED) is 0.580. The molecule has 2 heterocycles. The van der Waals surface area contributed by atoms with Crippen molar-refractivity contribution >= 4 is 5.91 Å².